The summed E-state index contributed by atoms with van der Waals surface area (Å²) in [5.74, 6) is 0.394. The maximum absolute atomic E-state index is 12.4. The van der Waals surface area contributed by atoms with E-state index in [-0.39, 0.29) is 29.4 Å². The van der Waals surface area contributed by atoms with Crippen LogP contribution >= 0.6 is 11.8 Å². The molecule has 0 spiro atoms. The van der Waals surface area contributed by atoms with Crippen molar-refractivity contribution in [1.82, 2.24) is 0 Å². The first-order valence-electron chi connectivity index (χ1n) is 9.35. The minimum atomic E-state index is -3.09. The summed E-state index contributed by atoms with van der Waals surface area (Å²) in [5, 5.41) is 0.419. The van der Waals surface area contributed by atoms with Crippen LogP contribution in [0.5, 0.6) is 5.75 Å². The molecule has 2 aliphatic rings. The first-order chi connectivity index (χ1) is 13.8. The maximum atomic E-state index is 12.4. The van der Waals surface area contributed by atoms with Gasteiger partial charge in [0.2, 0.25) is 0 Å². The lowest BCUT2D eigenvalue weighted by molar-refractivity contribution is -0.119. The van der Waals surface area contributed by atoms with E-state index in [0.717, 1.165) is 16.8 Å². The summed E-state index contributed by atoms with van der Waals surface area (Å²) >= 11 is 1.37. The number of fused-ring (bicyclic) bond motifs is 1. The number of hydrogen-bond donors (Lipinski definition) is 0. The van der Waals surface area contributed by atoms with E-state index < -0.39 is 15.7 Å². The Kier molecular flexibility index (Phi) is 5.40. The zero-order valence-electron chi connectivity index (χ0n) is 16.2. The molecule has 0 aromatic heterocycles. The quantitative estimate of drug-likeness (QED) is 0.742. The van der Waals surface area contributed by atoms with Gasteiger partial charge >= 0.3 is 0 Å². The summed E-state index contributed by atoms with van der Waals surface area (Å²) in [6, 6.07) is 14.9. The Bertz CT molecular complexity index is 1070. The summed E-state index contributed by atoms with van der Waals surface area (Å²) in [6.07, 6.45) is 0. The number of carbonyl (C=O) groups excluding carboxylic acids is 1. The zero-order valence-corrected chi connectivity index (χ0v) is 17.9. The van der Waals surface area contributed by atoms with Crippen LogP contribution in [-0.4, -0.2) is 48.9 Å². The van der Waals surface area contributed by atoms with Gasteiger partial charge in [0, 0.05) is 10.9 Å². The van der Waals surface area contributed by atoms with Gasteiger partial charge in [-0.05, 0) is 49.2 Å². The number of thioether (sulfide) groups is 1. The van der Waals surface area contributed by atoms with Crippen LogP contribution in [-0.2, 0) is 14.6 Å². The highest BCUT2D eigenvalue weighted by molar-refractivity contribution is 8.16. The molecule has 0 N–H and O–H groups in total. The van der Waals surface area contributed by atoms with Gasteiger partial charge in [0.1, 0.15) is 5.75 Å². The molecule has 8 heteroatoms. The molecule has 2 aliphatic heterocycles. The van der Waals surface area contributed by atoms with E-state index in [9.17, 15) is 13.2 Å². The molecule has 2 aromatic carbocycles. The Morgan fingerprint density at radius 3 is 2.62 bits per heavy atom. The summed E-state index contributed by atoms with van der Waals surface area (Å²) in [4.78, 5) is 18.6. The first kappa shape index (κ1) is 20.0. The highest BCUT2D eigenvalue weighted by Gasteiger charge is 2.49. The molecule has 2 atom stereocenters. The first-order valence-corrected chi connectivity index (χ1v) is 12.1. The molecule has 4 rings (SSSR count). The van der Waals surface area contributed by atoms with E-state index in [1.165, 1.54) is 11.8 Å². The largest absolute Gasteiger partial charge is 0.484 e. The Hall–Kier alpha value is -2.32. The number of nitrogens with zero attached hydrogens (tertiary/aromatic N) is 2. The number of carbonyl (C=O) groups is 1. The van der Waals surface area contributed by atoms with E-state index in [1.54, 1.807) is 12.1 Å². The number of amides is 1. The molecule has 2 fully saturated rings. The lowest BCUT2D eigenvalue weighted by Crippen LogP contribution is -2.38. The predicted molar refractivity (Wildman–Crippen MR) is 117 cm³/mol. The van der Waals surface area contributed by atoms with Gasteiger partial charge in [-0.3, -0.25) is 4.79 Å². The topological polar surface area (TPSA) is 76.0 Å². The number of benzene rings is 2. The van der Waals surface area contributed by atoms with Crippen molar-refractivity contribution < 1.29 is 17.9 Å². The fourth-order valence-corrected chi connectivity index (χ4v) is 7.47. The van der Waals surface area contributed by atoms with Crippen molar-refractivity contribution in [3.05, 3.63) is 59.7 Å². The number of para-hydroxylation sites is 1. The molecule has 152 valence electrons. The smallest absolute Gasteiger partial charge is 0.285 e. The number of ether oxygens (including phenoxy) is 1. The third-order valence-corrected chi connectivity index (χ3v) is 8.37. The van der Waals surface area contributed by atoms with E-state index >= 15 is 0 Å². The molecule has 0 saturated carbocycles. The van der Waals surface area contributed by atoms with Crippen molar-refractivity contribution in [2.75, 3.05) is 23.0 Å². The number of hydrogen-bond acceptors (Lipinski definition) is 5. The SMILES string of the molecule is Cc1ccc(N2C(=NC(=O)COc3ccccc3)S[C@H]3CS(=O)(=O)C[C@H]32)cc1C. The van der Waals surface area contributed by atoms with Gasteiger partial charge in [0.15, 0.2) is 21.6 Å². The Morgan fingerprint density at radius 1 is 1.14 bits per heavy atom. The van der Waals surface area contributed by atoms with Crippen LogP contribution < -0.4 is 9.64 Å². The molecular weight excluding hydrogens is 408 g/mol. The highest BCUT2D eigenvalue weighted by atomic mass is 32.2. The number of aliphatic imine (C=N–C) groups is 1. The van der Waals surface area contributed by atoms with Crippen molar-refractivity contribution in [1.29, 1.82) is 0 Å². The molecular formula is C21H22N2O4S2. The number of rotatable bonds is 4. The van der Waals surface area contributed by atoms with E-state index in [2.05, 4.69) is 4.99 Å². The lowest BCUT2D eigenvalue weighted by Gasteiger charge is -2.25. The van der Waals surface area contributed by atoms with Gasteiger partial charge in [-0.2, -0.15) is 4.99 Å². The average Bonchev–Trinajstić information content (AvgIpc) is 3.14. The maximum Gasteiger partial charge on any atom is 0.285 e. The Labute approximate surface area is 174 Å². The summed E-state index contributed by atoms with van der Waals surface area (Å²) in [6.45, 7) is 3.88. The van der Waals surface area contributed by atoms with Crippen molar-refractivity contribution >= 4 is 38.4 Å². The fourth-order valence-electron chi connectivity index (χ4n) is 3.54. The minimum Gasteiger partial charge on any atom is -0.484 e. The van der Waals surface area contributed by atoms with Crippen LogP contribution in [0.4, 0.5) is 5.69 Å². The number of anilines is 1. The van der Waals surface area contributed by atoms with Crippen LogP contribution in [0, 0.1) is 13.8 Å². The van der Waals surface area contributed by atoms with Crippen LogP contribution in [0.2, 0.25) is 0 Å². The number of sulfone groups is 1. The van der Waals surface area contributed by atoms with Gasteiger partial charge in [-0.1, -0.05) is 36.0 Å². The van der Waals surface area contributed by atoms with Crippen LogP contribution in [0.1, 0.15) is 11.1 Å². The van der Waals surface area contributed by atoms with Gasteiger partial charge in [0.05, 0.1) is 17.5 Å². The molecule has 29 heavy (non-hydrogen) atoms. The van der Waals surface area contributed by atoms with Gasteiger partial charge in [0.25, 0.3) is 5.91 Å². The molecule has 0 radical (unpaired) electrons. The zero-order chi connectivity index (χ0) is 20.6. The summed E-state index contributed by atoms with van der Waals surface area (Å²) < 4.78 is 29.8. The number of amidine groups is 1. The van der Waals surface area contributed by atoms with Gasteiger partial charge in [-0.15, -0.1) is 0 Å². The second-order valence-electron chi connectivity index (χ2n) is 7.33. The lowest BCUT2D eigenvalue weighted by atomic mass is 10.1. The molecule has 0 bridgehead atoms. The van der Waals surface area contributed by atoms with Crippen LogP contribution in [0.25, 0.3) is 0 Å². The van der Waals surface area contributed by atoms with Crippen molar-refractivity contribution in [2.45, 2.75) is 25.1 Å². The molecule has 2 saturated heterocycles. The highest BCUT2D eigenvalue weighted by Crippen LogP contribution is 2.41. The second-order valence-corrected chi connectivity index (χ2v) is 10.7. The third kappa shape index (κ3) is 4.33. The molecule has 2 aromatic rings. The van der Waals surface area contributed by atoms with E-state index in [0.29, 0.717) is 10.9 Å². The van der Waals surface area contributed by atoms with E-state index in [1.807, 2.05) is 55.1 Å². The van der Waals surface area contributed by atoms with Crippen molar-refractivity contribution in [3.63, 3.8) is 0 Å². The van der Waals surface area contributed by atoms with Crippen LogP contribution in [0.15, 0.2) is 53.5 Å². The molecule has 2 heterocycles. The predicted octanol–water partition coefficient (Wildman–Crippen LogP) is 2.98. The molecule has 0 unspecified atom stereocenters. The molecule has 6 nitrogen and oxygen atoms in total. The fraction of sp³-hybridized carbons (Fsp3) is 0.333. The molecule has 0 aliphatic carbocycles. The average molecular weight is 431 g/mol. The van der Waals surface area contributed by atoms with Crippen molar-refractivity contribution in [3.8, 4) is 5.75 Å². The number of aryl methyl sites for hydroxylation is 2. The normalized spacial score (nSPS) is 23.9. The minimum absolute atomic E-state index is 0.0747. The van der Waals surface area contributed by atoms with Gasteiger partial charge < -0.3 is 9.64 Å². The summed E-state index contributed by atoms with van der Waals surface area (Å²) in [5.41, 5.74) is 3.12. The standard InChI is InChI=1S/C21H22N2O4S2/c1-14-8-9-16(10-15(14)2)23-18-12-29(25,26)13-19(18)28-21(23)22-20(24)11-27-17-6-4-3-5-7-17/h3-10,18-19H,11-13H2,1-2H3/t18-,19+/m1/s1. The monoisotopic (exact) mass is 430 g/mol. The van der Waals surface area contributed by atoms with Gasteiger partial charge in [-0.25, -0.2) is 8.42 Å². The molecule has 1 amide bonds. The Balaban J connectivity index is 1.59. The van der Waals surface area contributed by atoms with E-state index in [4.69, 9.17) is 4.74 Å². The second kappa shape index (κ2) is 7.84. The van der Waals surface area contributed by atoms with Crippen molar-refractivity contribution in [2.24, 2.45) is 4.99 Å². The third-order valence-electron chi connectivity index (χ3n) is 5.16. The van der Waals surface area contributed by atoms with Crippen LogP contribution in [0.3, 0.4) is 0 Å². The Morgan fingerprint density at radius 2 is 1.90 bits per heavy atom. The summed E-state index contributed by atoms with van der Waals surface area (Å²) in [7, 11) is -3.09.